The molecule has 0 saturated heterocycles. The molecule has 6 heteroatoms. The van der Waals surface area contributed by atoms with Gasteiger partial charge < -0.3 is 15.7 Å². The molecule has 0 spiro atoms. The molecule has 0 aromatic heterocycles. The van der Waals surface area contributed by atoms with Crippen LogP contribution in [0.5, 0.6) is 0 Å². The zero-order chi connectivity index (χ0) is 15.6. The molecule has 0 aliphatic heterocycles. The van der Waals surface area contributed by atoms with E-state index in [0.717, 1.165) is 5.56 Å². The zero-order valence-corrected chi connectivity index (χ0v) is 12.0. The Balaban J connectivity index is 2.08. The van der Waals surface area contributed by atoms with Gasteiger partial charge in [0.2, 0.25) is 5.91 Å². The lowest BCUT2D eigenvalue weighted by Gasteiger charge is -2.31. The second kappa shape index (κ2) is 5.95. The van der Waals surface area contributed by atoms with Gasteiger partial charge in [-0.3, -0.25) is 14.4 Å². The summed E-state index contributed by atoms with van der Waals surface area (Å²) in [5.41, 5.74) is 1.77. The number of aryl methyl sites for hydroxylation is 1. The third-order valence-corrected chi connectivity index (χ3v) is 3.76. The second-order valence-corrected chi connectivity index (χ2v) is 5.32. The maximum atomic E-state index is 12.1. The van der Waals surface area contributed by atoms with Crippen molar-refractivity contribution >= 4 is 23.5 Å². The molecule has 2 amide bonds. The van der Waals surface area contributed by atoms with Gasteiger partial charge in [-0.1, -0.05) is 11.6 Å². The molecule has 1 aliphatic rings. The lowest BCUT2D eigenvalue weighted by atomic mass is 9.74. The van der Waals surface area contributed by atoms with Crippen LogP contribution in [0.4, 0.5) is 5.69 Å². The Morgan fingerprint density at radius 2 is 1.86 bits per heavy atom. The number of hydrogen-bond donors (Lipinski definition) is 3. The van der Waals surface area contributed by atoms with Crippen molar-refractivity contribution in [1.29, 1.82) is 0 Å². The van der Waals surface area contributed by atoms with Crippen LogP contribution in [0.1, 0.15) is 28.8 Å². The molecule has 1 aromatic rings. The number of aliphatic carboxylic acids is 1. The van der Waals surface area contributed by atoms with Crippen molar-refractivity contribution in [2.24, 2.45) is 11.8 Å². The standard InChI is InChI=1S/C15H18N2O4/c1-8-3-4-12(11(5-8)14(19)16-2)17-13(18)9-6-10(7-9)15(20)21/h3-5,9-10H,6-7H2,1-2H3,(H,16,19)(H,17,18)(H,20,21). The van der Waals surface area contributed by atoms with Crippen molar-refractivity contribution in [3.63, 3.8) is 0 Å². The van der Waals surface area contributed by atoms with E-state index >= 15 is 0 Å². The van der Waals surface area contributed by atoms with Crippen LogP contribution in [0.25, 0.3) is 0 Å². The van der Waals surface area contributed by atoms with Crippen molar-refractivity contribution in [1.82, 2.24) is 5.32 Å². The van der Waals surface area contributed by atoms with E-state index in [1.807, 2.05) is 13.0 Å². The van der Waals surface area contributed by atoms with Crippen molar-refractivity contribution < 1.29 is 19.5 Å². The third-order valence-electron chi connectivity index (χ3n) is 3.76. The molecule has 3 N–H and O–H groups in total. The first kappa shape index (κ1) is 15.0. The van der Waals surface area contributed by atoms with Crippen LogP contribution in [-0.2, 0) is 9.59 Å². The molecule has 0 radical (unpaired) electrons. The highest BCUT2D eigenvalue weighted by molar-refractivity contribution is 6.04. The van der Waals surface area contributed by atoms with Gasteiger partial charge in [0.1, 0.15) is 0 Å². The first-order valence-corrected chi connectivity index (χ1v) is 6.78. The number of carboxylic acid groups (broad SMARTS) is 1. The highest BCUT2D eigenvalue weighted by Gasteiger charge is 2.38. The SMILES string of the molecule is CNC(=O)c1cc(C)ccc1NC(=O)C1CC(C(=O)O)C1. The normalized spacial score (nSPS) is 20.3. The van der Waals surface area contributed by atoms with Crippen LogP contribution in [0.2, 0.25) is 0 Å². The maximum absolute atomic E-state index is 12.1. The summed E-state index contributed by atoms with van der Waals surface area (Å²) in [4.78, 5) is 34.6. The van der Waals surface area contributed by atoms with Gasteiger partial charge in [0, 0.05) is 13.0 Å². The van der Waals surface area contributed by atoms with E-state index < -0.39 is 11.9 Å². The zero-order valence-electron chi connectivity index (χ0n) is 12.0. The van der Waals surface area contributed by atoms with E-state index in [1.165, 1.54) is 7.05 Å². The van der Waals surface area contributed by atoms with E-state index in [-0.39, 0.29) is 17.7 Å². The third kappa shape index (κ3) is 3.21. The van der Waals surface area contributed by atoms with Gasteiger partial charge in [-0.2, -0.15) is 0 Å². The lowest BCUT2D eigenvalue weighted by Crippen LogP contribution is -2.38. The molecule has 2 rings (SSSR count). The summed E-state index contributed by atoms with van der Waals surface area (Å²) in [6.45, 7) is 1.86. The topological polar surface area (TPSA) is 95.5 Å². The fourth-order valence-electron chi connectivity index (χ4n) is 2.36. The Morgan fingerprint density at radius 3 is 2.43 bits per heavy atom. The summed E-state index contributed by atoms with van der Waals surface area (Å²) >= 11 is 0. The first-order chi connectivity index (χ1) is 9.92. The van der Waals surface area contributed by atoms with E-state index in [4.69, 9.17) is 5.11 Å². The van der Waals surface area contributed by atoms with Crippen LogP contribution in [-0.4, -0.2) is 29.9 Å². The maximum Gasteiger partial charge on any atom is 0.306 e. The van der Waals surface area contributed by atoms with Gasteiger partial charge >= 0.3 is 5.97 Å². The van der Waals surface area contributed by atoms with Gasteiger partial charge in [0.15, 0.2) is 0 Å². The van der Waals surface area contributed by atoms with Crippen LogP contribution in [0.15, 0.2) is 18.2 Å². The number of carboxylic acids is 1. The Kier molecular flexibility index (Phi) is 4.26. The number of nitrogens with one attached hydrogen (secondary N) is 2. The molecule has 1 aromatic carbocycles. The minimum Gasteiger partial charge on any atom is -0.481 e. The molecule has 1 aliphatic carbocycles. The van der Waals surface area contributed by atoms with E-state index in [9.17, 15) is 14.4 Å². The van der Waals surface area contributed by atoms with Crippen LogP contribution >= 0.6 is 0 Å². The fourth-order valence-corrected chi connectivity index (χ4v) is 2.36. The monoisotopic (exact) mass is 290 g/mol. The molecular weight excluding hydrogens is 272 g/mol. The number of benzene rings is 1. The summed E-state index contributed by atoms with van der Waals surface area (Å²) in [5.74, 6) is -2.10. The number of carbonyl (C=O) groups excluding carboxylic acids is 2. The summed E-state index contributed by atoms with van der Waals surface area (Å²) in [6, 6.07) is 5.20. The predicted octanol–water partition coefficient (Wildman–Crippen LogP) is 1.40. The highest BCUT2D eigenvalue weighted by atomic mass is 16.4. The number of hydrogen-bond acceptors (Lipinski definition) is 3. The molecule has 0 unspecified atom stereocenters. The highest BCUT2D eigenvalue weighted by Crippen LogP contribution is 2.35. The van der Waals surface area contributed by atoms with Crippen molar-refractivity contribution in [2.45, 2.75) is 19.8 Å². The van der Waals surface area contributed by atoms with Crippen molar-refractivity contribution in [3.8, 4) is 0 Å². The molecule has 1 saturated carbocycles. The first-order valence-electron chi connectivity index (χ1n) is 6.78. The van der Waals surface area contributed by atoms with Gasteiger partial charge in [-0.05, 0) is 31.9 Å². The number of anilines is 1. The second-order valence-electron chi connectivity index (χ2n) is 5.32. The van der Waals surface area contributed by atoms with Crippen LogP contribution in [0, 0.1) is 18.8 Å². The molecule has 21 heavy (non-hydrogen) atoms. The Hall–Kier alpha value is -2.37. The fraction of sp³-hybridized carbons (Fsp3) is 0.400. The van der Waals surface area contributed by atoms with E-state index in [0.29, 0.717) is 24.1 Å². The molecule has 112 valence electrons. The predicted molar refractivity (Wildman–Crippen MR) is 77.0 cm³/mol. The average molecular weight is 290 g/mol. The summed E-state index contributed by atoms with van der Waals surface area (Å²) < 4.78 is 0. The summed E-state index contributed by atoms with van der Waals surface area (Å²) in [5, 5.41) is 14.1. The Morgan fingerprint density at radius 1 is 1.19 bits per heavy atom. The van der Waals surface area contributed by atoms with Gasteiger partial charge in [-0.25, -0.2) is 0 Å². The lowest BCUT2D eigenvalue weighted by molar-refractivity contribution is -0.147. The molecule has 0 atom stereocenters. The van der Waals surface area contributed by atoms with Crippen molar-refractivity contribution in [2.75, 3.05) is 12.4 Å². The van der Waals surface area contributed by atoms with Gasteiger partial charge in [0.05, 0.1) is 17.2 Å². The molecule has 0 heterocycles. The minimum absolute atomic E-state index is 0.235. The van der Waals surface area contributed by atoms with E-state index in [2.05, 4.69) is 10.6 Å². The number of amides is 2. The molecule has 6 nitrogen and oxygen atoms in total. The number of rotatable bonds is 4. The molecule has 0 bridgehead atoms. The van der Waals surface area contributed by atoms with Crippen LogP contribution < -0.4 is 10.6 Å². The Bertz CT molecular complexity index is 591. The van der Waals surface area contributed by atoms with Crippen molar-refractivity contribution in [3.05, 3.63) is 29.3 Å². The quantitative estimate of drug-likeness (QED) is 0.781. The van der Waals surface area contributed by atoms with E-state index in [1.54, 1.807) is 12.1 Å². The summed E-state index contributed by atoms with van der Waals surface area (Å²) in [6.07, 6.45) is 0.699. The Labute approximate surface area is 122 Å². The summed E-state index contributed by atoms with van der Waals surface area (Å²) in [7, 11) is 1.53. The minimum atomic E-state index is -0.861. The van der Waals surface area contributed by atoms with Gasteiger partial charge in [-0.15, -0.1) is 0 Å². The van der Waals surface area contributed by atoms with Gasteiger partial charge in [0.25, 0.3) is 5.91 Å². The number of carbonyl (C=O) groups is 3. The molecule has 1 fully saturated rings. The molecular formula is C15H18N2O4. The van der Waals surface area contributed by atoms with Crippen LogP contribution in [0.3, 0.4) is 0 Å². The average Bonchev–Trinajstić information content (AvgIpc) is 2.37. The smallest absolute Gasteiger partial charge is 0.306 e. The largest absolute Gasteiger partial charge is 0.481 e.